The first-order valence-corrected chi connectivity index (χ1v) is 12.6. The molecule has 1 fully saturated rings. The molecule has 1 unspecified atom stereocenters. The van der Waals surface area contributed by atoms with Gasteiger partial charge in [0, 0.05) is 25.4 Å². The maximum Gasteiger partial charge on any atom is 0.191 e. The number of aliphatic imine (C=N–C) groups is 1. The number of aryl methyl sites for hydroxylation is 1. The van der Waals surface area contributed by atoms with Gasteiger partial charge in [-0.15, -0.1) is 0 Å². The van der Waals surface area contributed by atoms with E-state index in [0.717, 1.165) is 36.1 Å². The number of hydrogen-bond donors (Lipinski definition) is 2. The Balaban J connectivity index is 2.04. The van der Waals surface area contributed by atoms with Crippen LogP contribution in [0.4, 0.5) is 0 Å². The van der Waals surface area contributed by atoms with Crippen molar-refractivity contribution >= 4 is 15.8 Å². The number of rotatable bonds is 8. The molecular weight excluding hydrogens is 384 g/mol. The van der Waals surface area contributed by atoms with Crippen LogP contribution in [0.5, 0.6) is 0 Å². The van der Waals surface area contributed by atoms with Crippen LogP contribution in [0, 0.1) is 12.8 Å². The van der Waals surface area contributed by atoms with Gasteiger partial charge in [-0.3, -0.25) is 0 Å². The van der Waals surface area contributed by atoms with Crippen molar-refractivity contribution in [1.82, 2.24) is 15.5 Å². The van der Waals surface area contributed by atoms with E-state index in [0.29, 0.717) is 17.5 Å². The minimum Gasteiger partial charge on any atom is -0.357 e. The zero-order valence-electron chi connectivity index (χ0n) is 18.7. The van der Waals surface area contributed by atoms with Gasteiger partial charge in [-0.1, -0.05) is 31.4 Å². The second-order valence-corrected chi connectivity index (χ2v) is 10.4. The van der Waals surface area contributed by atoms with Crippen LogP contribution in [-0.2, 0) is 16.4 Å². The summed E-state index contributed by atoms with van der Waals surface area (Å²) in [5.41, 5.74) is 1.77. The standard InChI is InChI=1S/C22H38N4O2S/c1-6-23-22(25-16-20(26(3)4)19-10-8-7-9-11-19)24-15-18-12-13-21(17(2)14-18)29(5,27)28/h12-14,19-20H,6-11,15-16H2,1-5H3,(H2,23,24,25). The second-order valence-electron chi connectivity index (χ2n) is 8.38. The minimum atomic E-state index is -3.19. The fraction of sp³-hybridized carbons (Fsp3) is 0.682. The molecule has 164 valence electrons. The summed E-state index contributed by atoms with van der Waals surface area (Å²) < 4.78 is 23.6. The van der Waals surface area contributed by atoms with E-state index in [9.17, 15) is 8.42 Å². The molecule has 1 aromatic rings. The van der Waals surface area contributed by atoms with Crippen molar-refractivity contribution in [3.63, 3.8) is 0 Å². The molecule has 1 aliphatic rings. The van der Waals surface area contributed by atoms with Gasteiger partial charge in [0.25, 0.3) is 0 Å². The van der Waals surface area contributed by atoms with Crippen LogP contribution in [0.3, 0.4) is 0 Å². The molecule has 1 aromatic carbocycles. The lowest BCUT2D eigenvalue weighted by Crippen LogP contribution is -2.48. The molecule has 6 nitrogen and oxygen atoms in total. The molecule has 2 rings (SSSR count). The lowest BCUT2D eigenvalue weighted by molar-refractivity contribution is 0.171. The molecule has 0 radical (unpaired) electrons. The highest BCUT2D eigenvalue weighted by molar-refractivity contribution is 7.90. The van der Waals surface area contributed by atoms with E-state index in [-0.39, 0.29) is 0 Å². The maximum atomic E-state index is 11.8. The van der Waals surface area contributed by atoms with E-state index in [1.807, 2.05) is 19.1 Å². The maximum absolute atomic E-state index is 11.8. The average Bonchev–Trinajstić information content (AvgIpc) is 2.65. The van der Waals surface area contributed by atoms with Gasteiger partial charge < -0.3 is 15.5 Å². The molecule has 0 bridgehead atoms. The van der Waals surface area contributed by atoms with E-state index in [2.05, 4.69) is 36.6 Å². The molecule has 7 heteroatoms. The Morgan fingerprint density at radius 2 is 1.90 bits per heavy atom. The topological polar surface area (TPSA) is 73.8 Å². The summed E-state index contributed by atoms with van der Waals surface area (Å²) in [5.74, 6) is 1.54. The van der Waals surface area contributed by atoms with Crippen molar-refractivity contribution in [3.8, 4) is 0 Å². The molecule has 0 spiro atoms. The normalized spacial score (nSPS) is 17.4. The van der Waals surface area contributed by atoms with E-state index < -0.39 is 9.84 Å². The van der Waals surface area contributed by atoms with Crippen molar-refractivity contribution in [1.29, 1.82) is 0 Å². The Morgan fingerprint density at radius 1 is 1.21 bits per heavy atom. The highest BCUT2D eigenvalue weighted by Crippen LogP contribution is 2.28. The number of nitrogens with one attached hydrogen (secondary N) is 2. The highest BCUT2D eigenvalue weighted by atomic mass is 32.2. The zero-order valence-corrected chi connectivity index (χ0v) is 19.5. The van der Waals surface area contributed by atoms with Crippen molar-refractivity contribution in [2.24, 2.45) is 10.9 Å². The molecular formula is C22H38N4O2S. The molecule has 0 heterocycles. The fourth-order valence-corrected chi connectivity index (χ4v) is 5.19. The van der Waals surface area contributed by atoms with Crippen LogP contribution in [-0.4, -0.2) is 58.8 Å². The monoisotopic (exact) mass is 422 g/mol. The predicted octanol–water partition coefficient (Wildman–Crippen LogP) is 2.96. The Morgan fingerprint density at radius 3 is 2.45 bits per heavy atom. The van der Waals surface area contributed by atoms with Gasteiger partial charge in [0.15, 0.2) is 15.8 Å². The van der Waals surface area contributed by atoms with Crippen LogP contribution < -0.4 is 10.6 Å². The quantitative estimate of drug-likeness (QED) is 0.498. The minimum absolute atomic E-state index is 0.386. The van der Waals surface area contributed by atoms with Crippen LogP contribution in [0.15, 0.2) is 28.1 Å². The van der Waals surface area contributed by atoms with Gasteiger partial charge in [-0.25, -0.2) is 13.4 Å². The van der Waals surface area contributed by atoms with E-state index >= 15 is 0 Å². The smallest absolute Gasteiger partial charge is 0.191 e. The van der Waals surface area contributed by atoms with Crippen LogP contribution in [0.25, 0.3) is 0 Å². The Labute approximate surface area is 177 Å². The molecule has 2 N–H and O–H groups in total. The number of guanidine groups is 1. The van der Waals surface area contributed by atoms with Gasteiger partial charge in [-0.05, 0) is 63.9 Å². The summed E-state index contributed by atoms with van der Waals surface area (Å²) in [6, 6.07) is 5.94. The fourth-order valence-electron chi connectivity index (χ4n) is 4.23. The number of benzene rings is 1. The zero-order chi connectivity index (χ0) is 21.4. The lowest BCUT2D eigenvalue weighted by Gasteiger charge is -2.35. The van der Waals surface area contributed by atoms with Crippen LogP contribution in [0.2, 0.25) is 0 Å². The summed E-state index contributed by atoms with van der Waals surface area (Å²) in [5, 5.41) is 6.85. The highest BCUT2D eigenvalue weighted by Gasteiger charge is 2.25. The number of likely N-dealkylation sites (N-methyl/N-ethyl adjacent to an activating group) is 1. The Hall–Kier alpha value is -1.60. The van der Waals surface area contributed by atoms with Gasteiger partial charge in [0.05, 0.1) is 11.4 Å². The number of sulfone groups is 1. The lowest BCUT2D eigenvalue weighted by atomic mass is 9.83. The first kappa shape index (κ1) is 23.7. The average molecular weight is 423 g/mol. The summed E-state index contributed by atoms with van der Waals surface area (Å²) >= 11 is 0. The van der Waals surface area contributed by atoms with Crippen molar-refractivity contribution in [2.75, 3.05) is 33.4 Å². The summed E-state index contributed by atoms with van der Waals surface area (Å²) in [7, 11) is 1.14. The van der Waals surface area contributed by atoms with Crippen LogP contribution >= 0.6 is 0 Å². The molecule has 0 aromatic heterocycles. The van der Waals surface area contributed by atoms with E-state index in [4.69, 9.17) is 4.99 Å². The van der Waals surface area contributed by atoms with Crippen molar-refractivity contribution in [3.05, 3.63) is 29.3 Å². The van der Waals surface area contributed by atoms with Crippen molar-refractivity contribution in [2.45, 2.75) is 63.4 Å². The summed E-state index contributed by atoms with van der Waals surface area (Å²) in [6.45, 7) is 6.07. The molecule has 0 aliphatic heterocycles. The predicted molar refractivity (Wildman–Crippen MR) is 121 cm³/mol. The third kappa shape index (κ3) is 7.30. The van der Waals surface area contributed by atoms with Crippen LogP contribution in [0.1, 0.15) is 50.2 Å². The van der Waals surface area contributed by atoms with Gasteiger partial charge >= 0.3 is 0 Å². The SMILES string of the molecule is CCNC(=NCc1ccc(S(C)(=O)=O)c(C)c1)NCC(C1CCCCC1)N(C)C. The van der Waals surface area contributed by atoms with Gasteiger partial charge in [0.2, 0.25) is 0 Å². The third-order valence-electron chi connectivity index (χ3n) is 5.74. The Kier molecular flexibility index (Phi) is 8.96. The van der Waals surface area contributed by atoms with E-state index in [1.165, 1.54) is 38.4 Å². The van der Waals surface area contributed by atoms with E-state index in [1.54, 1.807) is 6.07 Å². The largest absolute Gasteiger partial charge is 0.357 e. The van der Waals surface area contributed by atoms with Gasteiger partial charge in [0.1, 0.15) is 0 Å². The summed E-state index contributed by atoms with van der Waals surface area (Å²) in [6.07, 6.45) is 7.91. The molecule has 1 saturated carbocycles. The molecule has 1 atom stereocenters. The molecule has 0 amide bonds. The van der Waals surface area contributed by atoms with Crippen molar-refractivity contribution < 1.29 is 8.42 Å². The Bertz CT molecular complexity index is 784. The summed E-state index contributed by atoms with van der Waals surface area (Å²) in [4.78, 5) is 7.44. The van der Waals surface area contributed by atoms with Gasteiger partial charge in [-0.2, -0.15) is 0 Å². The first-order valence-electron chi connectivity index (χ1n) is 10.7. The molecule has 29 heavy (non-hydrogen) atoms. The molecule has 1 aliphatic carbocycles. The number of hydrogen-bond acceptors (Lipinski definition) is 4. The first-order chi connectivity index (χ1) is 13.7. The number of nitrogens with zero attached hydrogens (tertiary/aromatic N) is 2. The third-order valence-corrected chi connectivity index (χ3v) is 7.00. The second kappa shape index (κ2) is 11.0. The molecule has 0 saturated heterocycles.